The number of primary amides is 1. The van der Waals surface area contributed by atoms with Crippen LogP contribution in [0, 0.1) is 0 Å². The van der Waals surface area contributed by atoms with Crippen LogP contribution in [0.1, 0.15) is 47.2 Å². The van der Waals surface area contributed by atoms with E-state index in [1.165, 1.54) is 21.3 Å². The molecule has 0 aliphatic carbocycles. The Bertz CT molecular complexity index is 1490. The number of hydrogen-bond donors (Lipinski definition) is 1. The smallest absolute Gasteiger partial charge is 0.254 e. The number of carbonyl (C=O) groups is 2. The fraction of sp³-hybridized carbons (Fsp3) is 0.412. The monoisotopic (exact) mass is 675 g/mol. The zero-order valence-electron chi connectivity index (χ0n) is 25.8. The summed E-state index contributed by atoms with van der Waals surface area (Å²) in [4.78, 5) is 30.8. The molecule has 2 amide bonds. The van der Waals surface area contributed by atoms with Gasteiger partial charge in [0.05, 0.1) is 36.8 Å². The number of halogens is 3. The molecule has 0 aromatic heterocycles. The molecule has 2 fully saturated rings. The summed E-state index contributed by atoms with van der Waals surface area (Å²) in [5.41, 5.74) is 7.49. The van der Waals surface area contributed by atoms with Gasteiger partial charge in [-0.15, -0.1) is 12.4 Å². The fourth-order valence-corrected chi connectivity index (χ4v) is 7.11. The first kappa shape index (κ1) is 34.7. The summed E-state index contributed by atoms with van der Waals surface area (Å²) in [6.07, 6.45) is 2.90. The van der Waals surface area contributed by atoms with Gasteiger partial charge in [0.15, 0.2) is 11.5 Å². The van der Waals surface area contributed by atoms with Gasteiger partial charge >= 0.3 is 0 Å². The molecule has 2 aliphatic rings. The topological polar surface area (TPSA) is 94.3 Å². The van der Waals surface area contributed by atoms with Crippen LogP contribution in [0.2, 0.25) is 10.0 Å². The second kappa shape index (κ2) is 14.5. The van der Waals surface area contributed by atoms with Crippen molar-refractivity contribution in [3.8, 4) is 17.2 Å². The zero-order valence-corrected chi connectivity index (χ0v) is 28.1. The van der Waals surface area contributed by atoms with Crippen LogP contribution in [0.4, 0.5) is 0 Å². The minimum absolute atomic E-state index is 0. The van der Waals surface area contributed by atoms with Crippen molar-refractivity contribution in [1.82, 2.24) is 9.80 Å². The number of piperidine rings is 1. The molecule has 3 aromatic rings. The van der Waals surface area contributed by atoms with Gasteiger partial charge in [-0.1, -0.05) is 59.6 Å². The molecule has 0 spiro atoms. The van der Waals surface area contributed by atoms with Gasteiger partial charge in [-0.2, -0.15) is 0 Å². The molecule has 0 radical (unpaired) electrons. The van der Waals surface area contributed by atoms with E-state index >= 15 is 0 Å². The Morgan fingerprint density at radius 1 is 0.822 bits per heavy atom. The number of nitrogens with zero attached hydrogens (tertiary/aromatic N) is 2. The number of methoxy groups -OCH3 is 3. The lowest BCUT2D eigenvalue weighted by atomic mass is 9.71. The van der Waals surface area contributed by atoms with Gasteiger partial charge in [0.1, 0.15) is 0 Å². The van der Waals surface area contributed by atoms with E-state index in [4.69, 9.17) is 43.1 Å². The molecule has 242 valence electrons. The molecule has 2 saturated heterocycles. The maximum Gasteiger partial charge on any atom is 0.254 e. The van der Waals surface area contributed by atoms with E-state index in [1.807, 2.05) is 53.4 Å². The van der Waals surface area contributed by atoms with Gasteiger partial charge in [-0.25, -0.2) is 0 Å². The number of amides is 2. The largest absolute Gasteiger partial charge is 0.493 e. The average Bonchev–Trinajstić information content (AvgIpc) is 3.50. The molecule has 3 aromatic carbocycles. The van der Waals surface area contributed by atoms with Crippen molar-refractivity contribution in [3.05, 3.63) is 87.4 Å². The molecule has 2 N–H and O–H groups in total. The second-order valence-corrected chi connectivity index (χ2v) is 12.5. The molecule has 2 aliphatic heterocycles. The first-order valence-corrected chi connectivity index (χ1v) is 15.5. The van der Waals surface area contributed by atoms with E-state index in [9.17, 15) is 9.59 Å². The van der Waals surface area contributed by atoms with Crippen molar-refractivity contribution in [2.75, 3.05) is 54.1 Å². The normalized spacial score (nSPS) is 19.4. The molecular weight excluding hydrogens is 637 g/mol. The first-order chi connectivity index (χ1) is 21.2. The Morgan fingerprint density at radius 2 is 1.47 bits per heavy atom. The van der Waals surface area contributed by atoms with Crippen LogP contribution in [-0.2, 0) is 15.6 Å². The molecule has 1 unspecified atom stereocenters. The summed E-state index contributed by atoms with van der Waals surface area (Å²) < 4.78 is 16.4. The van der Waals surface area contributed by atoms with E-state index < -0.39 is 5.41 Å². The number of benzene rings is 3. The van der Waals surface area contributed by atoms with Crippen LogP contribution < -0.4 is 19.9 Å². The predicted octanol–water partition coefficient (Wildman–Crippen LogP) is 6.13. The number of ether oxygens (including phenoxy) is 3. The minimum Gasteiger partial charge on any atom is -0.493 e. The third-order valence-electron chi connectivity index (χ3n) is 9.50. The highest BCUT2D eigenvalue weighted by atomic mass is 35.5. The highest BCUT2D eigenvalue weighted by Crippen LogP contribution is 2.43. The van der Waals surface area contributed by atoms with E-state index in [-0.39, 0.29) is 29.6 Å². The molecular formula is C34H40Cl3N3O5. The predicted molar refractivity (Wildman–Crippen MR) is 180 cm³/mol. The van der Waals surface area contributed by atoms with E-state index in [2.05, 4.69) is 4.90 Å². The lowest BCUT2D eigenvalue weighted by molar-refractivity contribution is -0.125. The van der Waals surface area contributed by atoms with Crippen LogP contribution in [0.15, 0.2) is 60.7 Å². The van der Waals surface area contributed by atoms with Crippen molar-refractivity contribution >= 4 is 47.4 Å². The minimum atomic E-state index is -0.657. The standard InChI is InChI=1S/C34H39Cl2N3O5.ClH/c1-42-28-19-23(20-29(43-2)30(28)44-3)31(40)39-18-12-33(22-39,25-9-10-26(35)27(36)21-25)11-15-38-16-13-34(14-17-38,32(37)41)24-7-5-4-6-8-24;/h4-10,19-21H,11-18,22H2,1-3H3,(H2,37,41);1H. The summed E-state index contributed by atoms with van der Waals surface area (Å²) in [5, 5.41) is 0.985. The lowest BCUT2D eigenvalue weighted by Crippen LogP contribution is -2.50. The van der Waals surface area contributed by atoms with E-state index in [0.717, 1.165) is 43.6 Å². The molecule has 0 bridgehead atoms. The maximum atomic E-state index is 13.9. The van der Waals surface area contributed by atoms with Gasteiger partial charge in [-0.05, 0) is 80.7 Å². The van der Waals surface area contributed by atoms with Crippen LogP contribution in [0.3, 0.4) is 0 Å². The highest BCUT2D eigenvalue weighted by molar-refractivity contribution is 6.42. The van der Waals surface area contributed by atoms with Gasteiger partial charge in [0, 0.05) is 24.1 Å². The molecule has 8 nitrogen and oxygen atoms in total. The average molecular weight is 677 g/mol. The molecule has 1 atom stereocenters. The zero-order chi connectivity index (χ0) is 31.5. The number of nitrogens with two attached hydrogens (primary N) is 1. The van der Waals surface area contributed by atoms with Crippen molar-refractivity contribution in [2.45, 2.75) is 36.5 Å². The van der Waals surface area contributed by atoms with Crippen molar-refractivity contribution in [1.29, 1.82) is 0 Å². The van der Waals surface area contributed by atoms with Crippen LogP contribution >= 0.6 is 35.6 Å². The highest BCUT2D eigenvalue weighted by Gasteiger charge is 2.44. The number of likely N-dealkylation sites (tertiary alicyclic amines) is 2. The maximum absolute atomic E-state index is 13.9. The molecule has 5 rings (SSSR count). The van der Waals surface area contributed by atoms with Crippen LogP contribution in [0.5, 0.6) is 17.2 Å². The Morgan fingerprint density at radius 3 is 2.02 bits per heavy atom. The van der Waals surface area contributed by atoms with Crippen LogP contribution in [-0.4, -0.2) is 75.7 Å². The second-order valence-electron chi connectivity index (χ2n) is 11.7. The molecule has 2 heterocycles. The lowest BCUT2D eigenvalue weighted by Gasteiger charge is -2.41. The van der Waals surface area contributed by atoms with Crippen molar-refractivity contribution in [2.24, 2.45) is 5.73 Å². The summed E-state index contributed by atoms with van der Waals surface area (Å²) in [5.74, 6) is 0.911. The quantitative estimate of drug-likeness (QED) is 0.278. The van der Waals surface area contributed by atoms with Gasteiger partial charge in [-0.3, -0.25) is 9.59 Å². The van der Waals surface area contributed by atoms with Gasteiger partial charge in [0.25, 0.3) is 5.91 Å². The number of carbonyl (C=O) groups excluding carboxylic acids is 2. The number of hydrogen-bond acceptors (Lipinski definition) is 6. The third-order valence-corrected chi connectivity index (χ3v) is 10.2. The Balaban J connectivity index is 0.00000461. The summed E-state index contributed by atoms with van der Waals surface area (Å²) in [6.45, 7) is 3.40. The van der Waals surface area contributed by atoms with E-state index in [0.29, 0.717) is 58.8 Å². The third kappa shape index (κ3) is 6.85. The van der Waals surface area contributed by atoms with Crippen LogP contribution in [0.25, 0.3) is 0 Å². The van der Waals surface area contributed by atoms with Gasteiger partial charge in [0.2, 0.25) is 11.7 Å². The molecule has 11 heteroatoms. The van der Waals surface area contributed by atoms with Gasteiger partial charge < -0.3 is 29.7 Å². The Hall–Kier alpha value is -3.17. The number of rotatable bonds is 10. The van der Waals surface area contributed by atoms with Crippen molar-refractivity contribution < 1.29 is 23.8 Å². The Labute approximate surface area is 281 Å². The van der Waals surface area contributed by atoms with Crippen molar-refractivity contribution in [3.63, 3.8) is 0 Å². The molecule has 0 saturated carbocycles. The summed E-state index contributed by atoms with van der Waals surface area (Å²) >= 11 is 12.8. The SMILES string of the molecule is COc1cc(C(=O)N2CCC(CCN3CCC(C(N)=O)(c4ccccc4)CC3)(c3ccc(Cl)c(Cl)c3)C2)cc(OC)c1OC.Cl. The Kier molecular flexibility index (Phi) is 11.2. The summed E-state index contributed by atoms with van der Waals surface area (Å²) in [6, 6.07) is 19.0. The molecule has 45 heavy (non-hydrogen) atoms. The summed E-state index contributed by atoms with van der Waals surface area (Å²) in [7, 11) is 4.60. The van der Waals surface area contributed by atoms with E-state index in [1.54, 1.807) is 12.1 Å². The fourth-order valence-electron chi connectivity index (χ4n) is 6.81. The first-order valence-electron chi connectivity index (χ1n) is 14.8.